The number of aromatic nitrogens is 2. The number of aryl methyl sites for hydroxylation is 3. The third-order valence-electron chi connectivity index (χ3n) is 4.02. The fourth-order valence-electron chi connectivity index (χ4n) is 2.98. The number of rotatable bonds is 3. The maximum atomic E-state index is 13.2. The van der Waals surface area contributed by atoms with Crippen LogP contribution in [0, 0.1) is 20.8 Å². The molecule has 2 heterocycles. The topological polar surface area (TPSA) is 59.0 Å². The number of alkyl halides is 2. The third-order valence-corrected chi connectivity index (χ3v) is 4.02. The molecule has 1 amide bonds. The molecule has 1 unspecified atom stereocenters. The Balaban J connectivity index is 0.00000225. The molecule has 136 valence electrons. The number of carbonyl (C=O) groups is 1. The predicted molar refractivity (Wildman–Crippen MR) is 95.0 cm³/mol. The highest BCUT2D eigenvalue weighted by molar-refractivity contribution is 5.94. The van der Waals surface area contributed by atoms with E-state index in [-0.39, 0.29) is 12.4 Å². The molecule has 0 radical (unpaired) electrons. The van der Waals surface area contributed by atoms with Crippen LogP contribution in [0.3, 0.4) is 0 Å². The van der Waals surface area contributed by atoms with E-state index >= 15 is 0 Å². The number of carbonyl (C=O) groups excluding carboxylic acids is 1. The largest absolute Gasteiger partial charge is 0.308 e. The van der Waals surface area contributed by atoms with E-state index in [1.54, 1.807) is 10.7 Å². The summed E-state index contributed by atoms with van der Waals surface area (Å²) in [6.45, 7) is 5.41. The molecule has 5 nitrogen and oxygen atoms in total. The second kappa shape index (κ2) is 7.09. The van der Waals surface area contributed by atoms with Gasteiger partial charge in [0.05, 0.1) is 18.3 Å². The number of benzene rings is 1. The van der Waals surface area contributed by atoms with Crippen LogP contribution in [0.25, 0.3) is 5.69 Å². The van der Waals surface area contributed by atoms with E-state index in [2.05, 4.69) is 21.8 Å². The van der Waals surface area contributed by atoms with E-state index in [4.69, 9.17) is 0 Å². The lowest BCUT2D eigenvalue weighted by Crippen LogP contribution is -2.35. The molecule has 1 aliphatic rings. The minimum atomic E-state index is -2.84. The maximum absolute atomic E-state index is 13.2. The summed E-state index contributed by atoms with van der Waals surface area (Å²) >= 11 is 0. The summed E-state index contributed by atoms with van der Waals surface area (Å²) in [5.74, 6) is -2.97. The van der Waals surface area contributed by atoms with Gasteiger partial charge in [-0.05, 0) is 44.0 Å². The van der Waals surface area contributed by atoms with Gasteiger partial charge in [-0.25, -0.2) is 13.5 Å². The smallest absolute Gasteiger partial charge is 0.262 e. The Morgan fingerprint density at radius 1 is 1.24 bits per heavy atom. The van der Waals surface area contributed by atoms with E-state index in [1.807, 2.05) is 32.9 Å². The predicted octanol–water partition coefficient (Wildman–Crippen LogP) is 3.16. The van der Waals surface area contributed by atoms with Gasteiger partial charge < -0.3 is 5.32 Å². The van der Waals surface area contributed by atoms with Crippen molar-refractivity contribution in [2.45, 2.75) is 39.2 Å². The fourth-order valence-corrected chi connectivity index (χ4v) is 2.98. The van der Waals surface area contributed by atoms with Crippen LogP contribution in [0.4, 0.5) is 14.6 Å². The molecule has 2 N–H and O–H groups in total. The zero-order chi connectivity index (χ0) is 17.5. The Morgan fingerprint density at radius 3 is 2.44 bits per heavy atom. The van der Waals surface area contributed by atoms with Gasteiger partial charge >= 0.3 is 0 Å². The van der Waals surface area contributed by atoms with Crippen molar-refractivity contribution in [1.29, 1.82) is 0 Å². The zero-order valence-corrected chi connectivity index (χ0v) is 15.1. The molecular formula is C17H21ClF2N4O. The lowest BCUT2D eigenvalue weighted by molar-refractivity contribution is -0.118. The second-order valence-corrected chi connectivity index (χ2v) is 6.41. The van der Waals surface area contributed by atoms with Crippen molar-refractivity contribution < 1.29 is 13.6 Å². The van der Waals surface area contributed by atoms with Gasteiger partial charge in [-0.3, -0.25) is 10.1 Å². The van der Waals surface area contributed by atoms with Crippen molar-refractivity contribution in [3.8, 4) is 5.69 Å². The molecule has 0 spiro atoms. The number of halogens is 3. The van der Waals surface area contributed by atoms with Gasteiger partial charge in [0, 0.05) is 18.2 Å². The second-order valence-electron chi connectivity index (χ2n) is 6.41. The van der Waals surface area contributed by atoms with Gasteiger partial charge in [-0.2, -0.15) is 0 Å². The monoisotopic (exact) mass is 370 g/mol. The Labute approximate surface area is 151 Å². The van der Waals surface area contributed by atoms with Crippen molar-refractivity contribution >= 4 is 24.1 Å². The average Bonchev–Trinajstić information content (AvgIpc) is 3.00. The maximum Gasteiger partial charge on any atom is 0.262 e. The SMILES string of the molecule is Cc1cc(C)cc(-n2nc(NC(=O)C3CC(F)(F)CN3)cc2C)c1.Cl. The van der Waals surface area contributed by atoms with E-state index in [0.29, 0.717) is 5.82 Å². The molecule has 1 atom stereocenters. The van der Waals surface area contributed by atoms with E-state index in [0.717, 1.165) is 22.5 Å². The molecule has 1 fully saturated rings. The van der Waals surface area contributed by atoms with Crippen LogP contribution < -0.4 is 10.6 Å². The highest BCUT2D eigenvalue weighted by Gasteiger charge is 2.42. The summed E-state index contributed by atoms with van der Waals surface area (Å²) in [5.41, 5.74) is 3.97. The van der Waals surface area contributed by atoms with Crippen LogP contribution in [0.2, 0.25) is 0 Å². The molecule has 0 bridgehead atoms. The quantitative estimate of drug-likeness (QED) is 0.872. The van der Waals surface area contributed by atoms with Crippen molar-refractivity contribution in [3.05, 3.63) is 41.1 Å². The average molecular weight is 371 g/mol. The van der Waals surface area contributed by atoms with Crippen LogP contribution in [-0.4, -0.2) is 34.2 Å². The van der Waals surface area contributed by atoms with E-state index in [1.165, 1.54) is 0 Å². The van der Waals surface area contributed by atoms with E-state index < -0.39 is 30.8 Å². The van der Waals surface area contributed by atoms with Crippen LogP contribution in [-0.2, 0) is 4.79 Å². The number of amides is 1. The lowest BCUT2D eigenvalue weighted by Gasteiger charge is -2.09. The summed E-state index contributed by atoms with van der Waals surface area (Å²) < 4.78 is 28.1. The van der Waals surface area contributed by atoms with Gasteiger partial charge in [-0.1, -0.05) is 6.07 Å². The van der Waals surface area contributed by atoms with Crippen LogP contribution >= 0.6 is 12.4 Å². The number of anilines is 1. The first kappa shape index (κ1) is 19.3. The molecule has 25 heavy (non-hydrogen) atoms. The van der Waals surface area contributed by atoms with Crippen LogP contribution in [0.15, 0.2) is 24.3 Å². The number of hydrogen-bond donors (Lipinski definition) is 2. The summed E-state index contributed by atoms with van der Waals surface area (Å²) in [4.78, 5) is 12.1. The number of nitrogens with one attached hydrogen (secondary N) is 2. The van der Waals surface area contributed by atoms with Crippen molar-refractivity contribution in [3.63, 3.8) is 0 Å². The molecule has 1 aromatic heterocycles. The molecule has 0 aliphatic carbocycles. The molecule has 3 rings (SSSR count). The van der Waals surface area contributed by atoms with Gasteiger partial charge in [0.15, 0.2) is 5.82 Å². The van der Waals surface area contributed by atoms with Gasteiger partial charge in [0.1, 0.15) is 0 Å². The summed E-state index contributed by atoms with van der Waals surface area (Å²) in [6, 6.07) is 6.89. The molecular weight excluding hydrogens is 350 g/mol. The van der Waals surface area contributed by atoms with Crippen LogP contribution in [0.5, 0.6) is 0 Å². The minimum absolute atomic E-state index is 0. The van der Waals surface area contributed by atoms with Gasteiger partial charge in [0.25, 0.3) is 5.92 Å². The highest BCUT2D eigenvalue weighted by atomic mass is 35.5. The van der Waals surface area contributed by atoms with Crippen molar-refractivity contribution in [2.24, 2.45) is 0 Å². The first-order chi connectivity index (χ1) is 11.2. The fraction of sp³-hybridized carbons (Fsp3) is 0.412. The molecule has 8 heteroatoms. The van der Waals surface area contributed by atoms with Crippen LogP contribution in [0.1, 0.15) is 23.2 Å². The summed E-state index contributed by atoms with van der Waals surface area (Å²) in [6.07, 6.45) is -0.490. The first-order valence-electron chi connectivity index (χ1n) is 7.81. The molecule has 0 saturated carbocycles. The third kappa shape index (κ3) is 4.35. The number of nitrogens with zero attached hydrogens (tertiary/aromatic N) is 2. The standard InChI is InChI=1S/C17H20F2N4O.ClH/c1-10-4-11(2)6-13(5-10)23-12(3)7-15(22-23)21-16(24)14-8-17(18,19)9-20-14;/h4-7,14,20H,8-9H2,1-3H3,(H,21,22,24);1H. The molecule has 1 aromatic carbocycles. The first-order valence-corrected chi connectivity index (χ1v) is 7.81. The normalized spacial score (nSPS) is 18.7. The summed E-state index contributed by atoms with van der Waals surface area (Å²) in [5, 5.41) is 9.53. The minimum Gasteiger partial charge on any atom is -0.308 e. The van der Waals surface area contributed by atoms with Gasteiger partial charge in [-0.15, -0.1) is 17.5 Å². The van der Waals surface area contributed by atoms with Crippen molar-refractivity contribution in [1.82, 2.24) is 15.1 Å². The Bertz CT molecular complexity index is 771. The van der Waals surface area contributed by atoms with E-state index in [9.17, 15) is 13.6 Å². The van der Waals surface area contributed by atoms with Crippen molar-refractivity contribution in [2.75, 3.05) is 11.9 Å². The molecule has 1 aliphatic heterocycles. The van der Waals surface area contributed by atoms with Gasteiger partial charge in [0.2, 0.25) is 5.91 Å². The Hall–Kier alpha value is -1.99. The lowest BCUT2D eigenvalue weighted by atomic mass is 10.1. The Morgan fingerprint density at radius 2 is 1.88 bits per heavy atom. The zero-order valence-electron chi connectivity index (χ0n) is 14.3. The number of hydrogen-bond acceptors (Lipinski definition) is 3. The molecule has 2 aromatic rings. The summed E-state index contributed by atoms with van der Waals surface area (Å²) in [7, 11) is 0. The highest BCUT2D eigenvalue weighted by Crippen LogP contribution is 2.26. The Kier molecular flexibility index (Phi) is 5.49. The molecule has 1 saturated heterocycles.